The van der Waals surface area contributed by atoms with E-state index in [1.165, 1.54) is 0 Å². The number of terminal acetylenes is 1. The molecule has 2 aromatic heterocycles. The van der Waals surface area contributed by atoms with E-state index in [1.807, 2.05) is 21.7 Å². The highest BCUT2D eigenvalue weighted by Gasteiger charge is 2.32. The lowest BCUT2D eigenvalue weighted by Gasteiger charge is -2.35. The normalized spacial score (nSPS) is 16.0. The van der Waals surface area contributed by atoms with Crippen LogP contribution in [0.4, 0.5) is 11.5 Å². The second-order valence-corrected chi connectivity index (χ2v) is 17.9. The number of unbranched alkanes of at least 4 members (excludes halogenated alkanes) is 1. The van der Waals surface area contributed by atoms with E-state index in [4.69, 9.17) is 90.7 Å². The molecule has 0 saturated carbocycles. The summed E-state index contributed by atoms with van der Waals surface area (Å²) in [6.07, 6.45) is 13.0. The highest BCUT2D eigenvalue weighted by molar-refractivity contribution is 6.31. The minimum absolute atomic E-state index is 0.119. The van der Waals surface area contributed by atoms with Crippen LogP contribution in [0.2, 0.25) is 5.02 Å². The first kappa shape index (κ1) is 60.1. The molecule has 2 aliphatic heterocycles. The van der Waals surface area contributed by atoms with Gasteiger partial charge in [0, 0.05) is 60.8 Å². The van der Waals surface area contributed by atoms with Gasteiger partial charge in [-0.1, -0.05) is 17.5 Å². The van der Waals surface area contributed by atoms with E-state index in [-0.39, 0.29) is 11.9 Å². The van der Waals surface area contributed by atoms with Crippen LogP contribution < -0.4 is 16.0 Å². The van der Waals surface area contributed by atoms with Crippen LogP contribution >= 0.6 is 11.6 Å². The fraction of sp³-hybridized carbons (Fsp3) is 0.712. The summed E-state index contributed by atoms with van der Waals surface area (Å²) in [5.41, 5.74) is 9.73. The van der Waals surface area contributed by atoms with E-state index in [0.717, 1.165) is 80.9 Å². The Morgan fingerprint density at radius 3 is 1.71 bits per heavy atom. The maximum atomic E-state index is 13.7. The number of benzene rings is 1. The van der Waals surface area contributed by atoms with Crippen molar-refractivity contribution in [2.45, 2.75) is 57.5 Å². The Morgan fingerprint density at radius 1 is 0.685 bits per heavy atom. The number of nitrogens with one attached hydrogen (secondary N) is 1. The van der Waals surface area contributed by atoms with E-state index in [1.54, 1.807) is 18.2 Å². The van der Waals surface area contributed by atoms with E-state index >= 15 is 0 Å². The van der Waals surface area contributed by atoms with Gasteiger partial charge in [0.25, 0.3) is 5.91 Å². The van der Waals surface area contributed by atoms with Gasteiger partial charge in [-0.25, -0.2) is 9.50 Å². The minimum atomic E-state index is -0.159. The van der Waals surface area contributed by atoms with Gasteiger partial charge >= 0.3 is 0 Å². The molecular weight excluding hydrogens is 966 g/mol. The number of hydrogen-bond donors (Lipinski definition) is 2. The number of aromatic nitrogens is 3. The summed E-state index contributed by atoms with van der Waals surface area (Å²) >= 11 is 6.23. The Bertz CT molecular complexity index is 1980. The van der Waals surface area contributed by atoms with Crippen LogP contribution in [0.3, 0.4) is 0 Å². The first-order valence-corrected chi connectivity index (χ1v) is 26.4. The van der Waals surface area contributed by atoms with Crippen LogP contribution in [0.1, 0.15) is 66.2 Å². The van der Waals surface area contributed by atoms with Crippen molar-refractivity contribution in [2.24, 2.45) is 0 Å². The highest BCUT2D eigenvalue weighted by atomic mass is 35.5. The number of aryl methyl sites for hydroxylation is 1. The number of hydrogen-bond acceptors (Lipinski definition) is 18. The summed E-state index contributed by atoms with van der Waals surface area (Å²) in [6.45, 7) is 17.6. The van der Waals surface area contributed by atoms with Crippen molar-refractivity contribution >= 4 is 34.7 Å². The van der Waals surface area contributed by atoms with Crippen molar-refractivity contribution in [1.82, 2.24) is 24.8 Å². The topological polar surface area (TPSA) is 203 Å². The van der Waals surface area contributed by atoms with Gasteiger partial charge in [0.1, 0.15) is 12.4 Å². The summed E-state index contributed by atoms with van der Waals surface area (Å²) in [7, 11) is 0. The highest BCUT2D eigenvalue weighted by Crippen LogP contribution is 2.34. The molecule has 2 aliphatic rings. The molecule has 20 nitrogen and oxygen atoms in total. The lowest BCUT2D eigenvalue weighted by Crippen LogP contribution is -2.39. The van der Waals surface area contributed by atoms with E-state index in [2.05, 4.69) is 23.1 Å². The molecule has 3 aromatic rings. The molecule has 410 valence electrons. The zero-order chi connectivity index (χ0) is 51.4. The number of nitrogens with two attached hydrogens (primary N) is 1. The molecule has 2 fully saturated rings. The minimum Gasteiger partial charge on any atom is -0.398 e. The maximum Gasteiger partial charge on any atom is 0.256 e. The van der Waals surface area contributed by atoms with E-state index < -0.39 is 0 Å². The van der Waals surface area contributed by atoms with E-state index in [0.29, 0.717) is 187 Å². The fourth-order valence-electron chi connectivity index (χ4n) is 8.16. The molecule has 73 heavy (non-hydrogen) atoms. The van der Waals surface area contributed by atoms with Gasteiger partial charge in [0.15, 0.2) is 5.65 Å². The summed E-state index contributed by atoms with van der Waals surface area (Å²) in [6, 6.07) is 7.30. The van der Waals surface area contributed by atoms with Crippen LogP contribution in [0, 0.1) is 19.3 Å². The van der Waals surface area contributed by atoms with Crippen LogP contribution in [0.15, 0.2) is 30.5 Å². The van der Waals surface area contributed by atoms with Crippen LogP contribution in [0.25, 0.3) is 5.65 Å². The third-order valence-electron chi connectivity index (χ3n) is 11.9. The first-order chi connectivity index (χ1) is 35.9. The van der Waals surface area contributed by atoms with Gasteiger partial charge in [0.2, 0.25) is 0 Å². The number of halogens is 1. The monoisotopic (exact) mass is 1050 g/mol. The standard InChI is InChI=1S/C52H82ClN7O13/c1-3-15-62-17-19-64-21-23-66-25-27-68-29-31-70-33-35-72-37-38-73-36-34-71-32-30-69-28-26-67-24-22-65-20-18-63-16-7-5-12-55-45-11-14-58(42-45)51-43(2)41-60-50(56-51)40-48(57-60)49-8-4-6-13-59(49)52(61)46-39-44(53)9-10-47(46)54/h1,9-10,39-41,45,49,55H,4-8,11-38,42,54H2,2H3/t45-,49-/m0/s1. The number of fused-ring (bicyclic) bond motifs is 1. The lowest BCUT2D eigenvalue weighted by atomic mass is 9.98. The summed E-state index contributed by atoms with van der Waals surface area (Å²) < 4.78 is 67.8. The smallest absolute Gasteiger partial charge is 0.256 e. The second-order valence-electron chi connectivity index (χ2n) is 17.4. The largest absolute Gasteiger partial charge is 0.398 e. The van der Waals surface area contributed by atoms with Crippen LogP contribution in [-0.4, -0.2) is 216 Å². The predicted octanol–water partition coefficient (Wildman–Crippen LogP) is 4.42. The number of nitrogen functional groups attached to an aromatic ring is 1. The Hall–Kier alpha value is -3.76. The quantitative estimate of drug-likeness (QED) is 0.0458. The Morgan fingerprint density at radius 2 is 1.19 bits per heavy atom. The molecule has 4 heterocycles. The molecule has 0 spiro atoms. The number of carbonyl (C=O) groups excluding carboxylic acids is 1. The van der Waals surface area contributed by atoms with Crippen LogP contribution in [-0.2, 0) is 56.8 Å². The molecule has 3 N–H and O–H groups in total. The number of piperidine rings is 1. The molecule has 21 heteroatoms. The Kier molecular flexibility index (Phi) is 31.2. The predicted molar refractivity (Wildman–Crippen MR) is 278 cm³/mol. The fourth-order valence-corrected chi connectivity index (χ4v) is 8.33. The average molecular weight is 1050 g/mol. The van der Waals surface area contributed by atoms with Crippen molar-refractivity contribution in [3.63, 3.8) is 0 Å². The third kappa shape index (κ3) is 24.2. The molecule has 1 amide bonds. The first-order valence-electron chi connectivity index (χ1n) is 26.0. The molecule has 5 rings (SSSR count). The number of likely N-dealkylation sites (tertiary alicyclic amines) is 1. The zero-order valence-corrected chi connectivity index (χ0v) is 43.9. The van der Waals surface area contributed by atoms with Gasteiger partial charge in [0.05, 0.1) is 163 Å². The summed E-state index contributed by atoms with van der Waals surface area (Å²) in [5, 5.41) is 9.13. The van der Waals surface area contributed by atoms with Crippen molar-refractivity contribution < 1.29 is 61.6 Å². The number of ether oxygens (including phenoxy) is 12. The van der Waals surface area contributed by atoms with Gasteiger partial charge in [-0.2, -0.15) is 5.10 Å². The number of nitrogens with zero attached hydrogens (tertiary/aromatic N) is 5. The summed E-state index contributed by atoms with van der Waals surface area (Å²) in [4.78, 5) is 23.0. The lowest BCUT2D eigenvalue weighted by molar-refractivity contribution is -0.0281. The molecule has 0 radical (unpaired) electrons. The van der Waals surface area contributed by atoms with Crippen molar-refractivity contribution in [2.75, 3.05) is 195 Å². The Labute approximate surface area is 437 Å². The molecule has 0 aliphatic carbocycles. The molecule has 2 saturated heterocycles. The van der Waals surface area contributed by atoms with Gasteiger partial charge in [-0.3, -0.25) is 4.79 Å². The molecular formula is C52H82ClN7O13. The van der Waals surface area contributed by atoms with Crippen molar-refractivity contribution in [3.8, 4) is 12.3 Å². The number of anilines is 2. The SMILES string of the molecule is C#CCOCCOCCOCCOCCOCCOCCOCCOCCOCCOCCOCCOCCCCN[C@H]1CCN(c2nc3cc([C@@H]4CCCCN4C(=O)c4cc(Cl)ccc4N)nn3cc2C)C1. The van der Waals surface area contributed by atoms with Gasteiger partial charge in [-0.15, -0.1) is 6.42 Å². The third-order valence-corrected chi connectivity index (χ3v) is 12.1. The van der Waals surface area contributed by atoms with Crippen LogP contribution in [0.5, 0.6) is 0 Å². The zero-order valence-electron chi connectivity index (χ0n) is 43.2. The van der Waals surface area contributed by atoms with Crippen molar-refractivity contribution in [1.29, 1.82) is 0 Å². The average Bonchev–Trinajstić information content (AvgIpc) is 4.05. The molecule has 0 bridgehead atoms. The van der Waals surface area contributed by atoms with E-state index in [9.17, 15) is 4.79 Å². The maximum absolute atomic E-state index is 13.7. The Balaban J connectivity index is 0.743. The number of amides is 1. The van der Waals surface area contributed by atoms with Crippen molar-refractivity contribution in [3.05, 3.63) is 52.3 Å². The molecule has 2 atom stereocenters. The van der Waals surface area contributed by atoms with Gasteiger partial charge < -0.3 is 77.7 Å². The number of rotatable bonds is 43. The van der Waals surface area contributed by atoms with Gasteiger partial charge in [-0.05, 0) is 70.2 Å². The molecule has 0 unspecified atom stereocenters. The molecule has 1 aromatic carbocycles. The second kappa shape index (κ2) is 37.9. The summed E-state index contributed by atoms with van der Waals surface area (Å²) in [5.74, 6) is 3.26. The number of carbonyl (C=O) groups is 1.